The quantitative estimate of drug-likeness (QED) is 0.647. The molecule has 88 valence electrons. The fourth-order valence-electron chi connectivity index (χ4n) is 3.98. The summed E-state index contributed by atoms with van der Waals surface area (Å²) in [5.74, 6) is 0.459. The summed E-state index contributed by atoms with van der Waals surface area (Å²) in [5, 5.41) is 20.6. The van der Waals surface area contributed by atoms with Crippen LogP contribution in [0.3, 0.4) is 0 Å². The predicted octanol–water partition coefficient (Wildman–Crippen LogP) is 2.48. The van der Waals surface area contributed by atoms with Crippen molar-refractivity contribution >= 4 is 0 Å². The van der Waals surface area contributed by atoms with Crippen molar-refractivity contribution in [3.05, 3.63) is 0 Å². The van der Waals surface area contributed by atoms with Crippen molar-refractivity contribution < 1.29 is 10.2 Å². The molecule has 0 aromatic rings. The molecule has 0 saturated heterocycles. The minimum Gasteiger partial charge on any atom is -0.390 e. The van der Waals surface area contributed by atoms with E-state index in [1.807, 2.05) is 6.92 Å². The normalized spacial score (nSPS) is 45.6. The molecule has 0 bridgehead atoms. The first-order valence-corrected chi connectivity index (χ1v) is 6.41. The highest BCUT2D eigenvalue weighted by molar-refractivity contribution is 5.09. The molecule has 0 aromatic heterocycles. The van der Waals surface area contributed by atoms with E-state index in [-0.39, 0.29) is 5.41 Å². The topological polar surface area (TPSA) is 40.5 Å². The Morgan fingerprint density at radius 3 is 2.00 bits per heavy atom. The summed E-state index contributed by atoms with van der Waals surface area (Å²) in [6, 6.07) is 0. The van der Waals surface area contributed by atoms with E-state index in [1.54, 1.807) is 0 Å². The Labute approximate surface area is 92.7 Å². The molecule has 2 N–H and O–H groups in total. The lowest BCUT2D eigenvalue weighted by molar-refractivity contribution is -0.122. The fraction of sp³-hybridized carbons (Fsp3) is 1.00. The largest absolute Gasteiger partial charge is 0.390 e. The van der Waals surface area contributed by atoms with Gasteiger partial charge in [-0.1, -0.05) is 32.6 Å². The molecular formula is C13H24O2. The highest BCUT2D eigenvalue weighted by Crippen LogP contribution is 2.57. The second-order valence-corrected chi connectivity index (χ2v) is 5.87. The molecule has 2 unspecified atom stereocenters. The fourth-order valence-corrected chi connectivity index (χ4v) is 3.98. The van der Waals surface area contributed by atoms with Crippen molar-refractivity contribution in [1.82, 2.24) is 0 Å². The average molecular weight is 212 g/mol. The van der Waals surface area contributed by atoms with Gasteiger partial charge in [-0.05, 0) is 32.1 Å². The molecule has 2 rings (SSSR count). The molecule has 2 nitrogen and oxygen atoms in total. The van der Waals surface area contributed by atoms with Gasteiger partial charge in [-0.15, -0.1) is 0 Å². The summed E-state index contributed by atoms with van der Waals surface area (Å²) in [4.78, 5) is 0. The van der Waals surface area contributed by atoms with Gasteiger partial charge in [0.1, 0.15) is 0 Å². The number of aliphatic hydroxyl groups excluding tert-OH is 1. The summed E-state index contributed by atoms with van der Waals surface area (Å²) in [7, 11) is 0. The van der Waals surface area contributed by atoms with E-state index < -0.39 is 11.7 Å². The number of hydrogen-bond donors (Lipinski definition) is 2. The highest BCUT2D eigenvalue weighted by Gasteiger charge is 2.59. The summed E-state index contributed by atoms with van der Waals surface area (Å²) in [6.45, 7) is 4.06. The average Bonchev–Trinajstić information content (AvgIpc) is 2.40. The van der Waals surface area contributed by atoms with Crippen molar-refractivity contribution in [3.63, 3.8) is 0 Å². The Hall–Kier alpha value is -0.0800. The Morgan fingerprint density at radius 2 is 1.60 bits per heavy atom. The second kappa shape index (κ2) is 3.74. The molecule has 0 heterocycles. The van der Waals surface area contributed by atoms with Crippen molar-refractivity contribution in [2.24, 2.45) is 11.3 Å². The summed E-state index contributed by atoms with van der Waals surface area (Å²) in [6.07, 6.45) is 7.45. The minimum atomic E-state index is -0.864. The van der Waals surface area contributed by atoms with Gasteiger partial charge in [0, 0.05) is 5.41 Å². The van der Waals surface area contributed by atoms with Crippen molar-refractivity contribution in [1.29, 1.82) is 0 Å². The molecule has 15 heavy (non-hydrogen) atoms. The Kier molecular flexibility index (Phi) is 2.85. The van der Waals surface area contributed by atoms with Gasteiger partial charge in [0.15, 0.2) is 0 Å². The zero-order valence-corrected chi connectivity index (χ0v) is 10.00. The van der Waals surface area contributed by atoms with Gasteiger partial charge in [-0.3, -0.25) is 0 Å². The van der Waals surface area contributed by atoms with Gasteiger partial charge in [0.25, 0.3) is 0 Å². The Morgan fingerprint density at radius 1 is 1.07 bits per heavy atom. The SMILES string of the molecule is CC1CC(O)[C@](C)(O)C12CCCCCC2. The van der Waals surface area contributed by atoms with E-state index in [4.69, 9.17) is 0 Å². The van der Waals surface area contributed by atoms with Crippen LogP contribution in [0.25, 0.3) is 0 Å². The monoisotopic (exact) mass is 212 g/mol. The van der Waals surface area contributed by atoms with Crippen molar-refractivity contribution in [2.75, 3.05) is 0 Å². The van der Waals surface area contributed by atoms with Gasteiger partial charge < -0.3 is 10.2 Å². The lowest BCUT2D eigenvalue weighted by atomic mass is 9.65. The molecule has 0 radical (unpaired) electrons. The van der Waals surface area contributed by atoms with Gasteiger partial charge in [0.05, 0.1) is 11.7 Å². The van der Waals surface area contributed by atoms with Crippen molar-refractivity contribution in [2.45, 2.75) is 70.5 Å². The van der Waals surface area contributed by atoms with E-state index in [0.717, 1.165) is 19.3 Å². The van der Waals surface area contributed by atoms with E-state index in [9.17, 15) is 10.2 Å². The van der Waals surface area contributed by atoms with Gasteiger partial charge in [0.2, 0.25) is 0 Å². The number of aliphatic hydroxyl groups is 2. The summed E-state index contributed by atoms with van der Waals surface area (Å²) >= 11 is 0. The molecule has 0 aliphatic heterocycles. The second-order valence-electron chi connectivity index (χ2n) is 5.87. The van der Waals surface area contributed by atoms with Gasteiger partial charge in [-0.2, -0.15) is 0 Å². The zero-order chi connectivity index (χ0) is 11.1. The maximum absolute atomic E-state index is 10.6. The van der Waals surface area contributed by atoms with Crippen LogP contribution in [0.4, 0.5) is 0 Å². The predicted molar refractivity (Wildman–Crippen MR) is 60.5 cm³/mol. The van der Waals surface area contributed by atoms with Gasteiger partial charge >= 0.3 is 0 Å². The molecular weight excluding hydrogens is 188 g/mol. The minimum absolute atomic E-state index is 0.0110. The van der Waals surface area contributed by atoms with Crippen molar-refractivity contribution in [3.8, 4) is 0 Å². The van der Waals surface area contributed by atoms with Gasteiger partial charge in [-0.25, -0.2) is 0 Å². The third kappa shape index (κ3) is 1.53. The van der Waals surface area contributed by atoms with Crippen LogP contribution >= 0.6 is 0 Å². The number of rotatable bonds is 0. The highest BCUT2D eigenvalue weighted by atomic mass is 16.3. The molecule has 2 heteroatoms. The Bertz CT molecular complexity index is 227. The third-order valence-electron chi connectivity index (χ3n) is 5.17. The molecule has 0 aromatic carbocycles. The van der Waals surface area contributed by atoms with Crippen LogP contribution < -0.4 is 0 Å². The smallest absolute Gasteiger partial charge is 0.0935 e. The lowest BCUT2D eigenvalue weighted by Crippen LogP contribution is -2.49. The molecule has 2 aliphatic rings. The maximum Gasteiger partial charge on any atom is 0.0935 e. The van der Waals surface area contributed by atoms with Crippen LogP contribution in [0.15, 0.2) is 0 Å². The first kappa shape index (κ1) is 11.4. The number of hydrogen-bond acceptors (Lipinski definition) is 2. The molecule has 3 atom stereocenters. The van der Waals surface area contributed by atoms with E-state index >= 15 is 0 Å². The molecule has 1 spiro atoms. The van der Waals surface area contributed by atoms with Crippen LogP contribution in [0.2, 0.25) is 0 Å². The molecule has 2 aliphatic carbocycles. The van der Waals surface area contributed by atoms with Crippen LogP contribution in [-0.4, -0.2) is 21.9 Å². The molecule has 0 amide bonds. The van der Waals surface area contributed by atoms with Crippen LogP contribution in [0, 0.1) is 11.3 Å². The van der Waals surface area contributed by atoms with Crippen LogP contribution in [0.5, 0.6) is 0 Å². The lowest BCUT2D eigenvalue weighted by Gasteiger charge is -2.43. The molecule has 2 fully saturated rings. The standard InChI is InChI=1S/C13H24O2/c1-10-9-11(14)12(2,15)13(10)7-5-3-4-6-8-13/h10-11,14-15H,3-9H2,1-2H3/t10?,11?,12-/m0/s1. The summed E-state index contributed by atoms with van der Waals surface area (Å²) < 4.78 is 0. The third-order valence-corrected chi connectivity index (χ3v) is 5.17. The molecule has 2 saturated carbocycles. The first-order chi connectivity index (χ1) is 7.01. The van der Waals surface area contributed by atoms with E-state index in [2.05, 4.69) is 6.92 Å². The van der Waals surface area contributed by atoms with E-state index in [1.165, 1.54) is 25.7 Å². The van der Waals surface area contributed by atoms with Crippen LogP contribution in [0.1, 0.15) is 58.8 Å². The maximum atomic E-state index is 10.6. The van der Waals surface area contributed by atoms with E-state index in [0.29, 0.717) is 5.92 Å². The first-order valence-electron chi connectivity index (χ1n) is 6.41. The summed E-state index contributed by atoms with van der Waals surface area (Å²) in [5.41, 5.74) is -0.875. The zero-order valence-electron chi connectivity index (χ0n) is 10.00. The van der Waals surface area contributed by atoms with Crippen LogP contribution in [-0.2, 0) is 0 Å². The Balaban J connectivity index is 2.29.